The van der Waals surface area contributed by atoms with E-state index in [0.29, 0.717) is 0 Å². The van der Waals surface area contributed by atoms with Crippen molar-refractivity contribution in [1.29, 1.82) is 0 Å². The third kappa shape index (κ3) is 2.03. The van der Waals surface area contributed by atoms with Crippen molar-refractivity contribution in [2.45, 2.75) is 31.4 Å². The summed E-state index contributed by atoms with van der Waals surface area (Å²) in [4.78, 5) is 4.16. The predicted octanol–water partition coefficient (Wildman–Crippen LogP) is 1.91. The van der Waals surface area contributed by atoms with Gasteiger partial charge in [-0.15, -0.1) is 0 Å². The Labute approximate surface area is 90.9 Å². The first-order valence-electron chi connectivity index (χ1n) is 5.47. The zero-order chi connectivity index (χ0) is 10.7. The first-order chi connectivity index (χ1) is 7.26. The van der Waals surface area contributed by atoms with Crippen molar-refractivity contribution >= 4 is 0 Å². The quantitative estimate of drug-likeness (QED) is 0.820. The molecule has 15 heavy (non-hydrogen) atoms. The maximum Gasteiger partial charge on any atom is 0.0849 e. The molecule has 0 saturated carbocycles. The van der Waals surface area contributed by atoms with Crippen LogP contribution in [0.4, 0.5) is 0 Å². The van der Waals surface area contributed by atoms with Crippen molar-refractivity contribution in [3.05, 3.63) is 30.1 Å². The second-order valence-electron chi connectivity index (χ2n) is 4.27. The van der Waals surface area contributed by atoms with E-state index in [1.54, 1.807) is 6.20 Å². The van der Waals surface area contributed by atoms with Crippen molar-refractivity contribution < 1.29 is 4.74 Å². The first kappa shape index (κ1) is 10.6. The summed E-state index contributed by atoms with van der Waals surface area (Å²) in [6.45, 7) is 3.04. The normalized spacial score (nSPS) is 27.9. The van der Waals surface area contributed by atoms with E-state index in [2.05, 4.69) is 23.3 Å². The molecule has 3 heteroatoms. The molecule has 2 unspecified atom stereocenters. The van der Waals surface area contributed by atoms with Crippen LogP contribution < -0.4 is 5.32 Å². The number of aromatic nitrogens is 1. The Hall–Kier alpha value is -0.930. The molecule has 3 nitrogen and oxygen atoms in total. The number of nitrogens with zero attached hydrogens (tertiary/aromatic N) is 1. The Morgan fingerprint density at radius 1 is 1.60 bits per heavy atom. The molecule has 0 amide bonds. The first-order valence-corrected chi connectivity index (χ1v) is 5.47. The summed E-state index contributed by atoms with van der Waals surface area (Å²) < 4.78 is 5.86. The monoisotopic (exact) mass is 206 g/mol. The van der Waals surface area contributed by atoms with E-state index in [4.69, 9.17) is 4.74 Å². The molecule has 0 bridgehead atoms. The third-order valence-electron chi connectivity index (χ3n) is 3.17. The summed E-state index contributed by atoms with van der Waals surface area (Å²) in [5, 5.41) is 3.34. The summed E-state index contributed by atoms with van der Waals surface area (Å²) in [6, 6.07) is 4.30. The second kappa shape index (κ2) is 4.29. The van der Waals surface area contributed by atoms with Gasteiger partial charge in [0.1, 0.15) is 0 Å². The Balaban J connectivity index is 2.24. The van der Waals surface area contributed by atoms with Gasteiger partial charge in [-0.1, -0.05) is 6.07 Å². The lowest BCUT2D eigenvalue weighted by molar-refractivity contribution is -0.0105. The highest BCUT2D eigenvalue weighted by molar-refractivity contribution is 5.18. The van der Waals surface area contributed by atoms with Crippen LogP contribution in [0.3, 0.4) is 0 Å². The highest BCUT2D eigenvalue weighted by Gasteiger charge is 2.38. The lowest BCUT2D eigenvalue weighted by atomic mass is 9.88. The minimum Gasteiger partial charge on any atom is -0.373 e. The zero-order valence-corrected chi connectivity index (χ0v) is 9.36. The molecule has 1 aromatic rings. The molecule has 2 atom stereocenters. The number of ether oxygens (including phenoxy) is 1. The molecule has 0 aromatic carbocycles. The van der Waals surface area contributed by atoms with Gasteiger partial charge >= 0.3 is 0 Å². The molecule has 1 aromatic heterocycles. The Morgan fingerprint density at radius 2 is 2.47 bits per heavy atom. The van der Waals surface area contributed by atoms with Crippen LogP contribution in [-0.2, 0) is 4.74 Å². The fraction of sp³-hybridized carbons (Fsp3) is 0.583. The molecule has 1 aliphatic heterocycles. The molecule has 0 aliphatic carbocycles. The van der Waals surface area contributed by atoms with Gasteiger partial charge in [-0.3, -0.25) is 4.98 Å². The average Bonchev–Trinajstić information content (AvgIpc) is 2.68. The standard InChI is InChI=1S/C12H18N2O/c1-12(6-4-8-15-12)11(13-2)10-5-3-7-14-9-10/h3,5,7,9,11,13H,4,6,8H2,1-2H3. The van der Waals surface area contributed by atoms with Crippen molar-refractivity contribution in [2.24, 2.45) is 0 Å². The second-order valence-corrected chi connectivity index (χ2v) is 4.27. The van der Waals surface area contributed by atoms with E-state index >= 15 is 0 Å². The topological polar surface area (TPSA) is 34.2 Å². The number of hydrogen-bond acceptors (Lipinski definition) is 3. The van der Waals surface area contributed by atoms with E-state index < -0.39 is 0 Å². The molecule has 2 heterocycles. The Morgan fingerprint density at radius 3 is 3.00 bits per heavy atom. The van der Waals surface area contributed by atoms with Gasteiger partial charge in [0.25, 0.3) is 0 Å². The van der Waals surface area contributed by atoms with Crippen molar-refractivity contribution in [3.8, 4) is 0 Å². The minimum atomic E-state index is -0.0855. The van der Waals surface area contributed by atoms with E-state index in [-0.39, 0.29) is 11.6 Å². The summed E-state index contributed by atoms with van der Waals surface area (Å²) in [6.07, 6.45) is 5.96. The Kier molecular flexibility index (Phi) is 3.03. The number of hydrogen-bond donors (Lipinski definition) is 1. The van der Waals surface area contributed by atoms with E-state index in [1.165, 1.54) is 5.56 Å². The van der Waals surface area contributed by atoms with E-state index in [1.807, 2.05) is 19.3 Å². The van der Waals surface area contributed by atoms with Crippen LogP contribution in [0.15, 0.2) is 24.5 Å². The van der Waals surface area contributed by atoms with Crippen LogP contribution in [0.5, 0.6) is 0 Å². The van der Waals surface area contributed by atoms with Gasteiger partial charge in [0, 0.05) is 19.0 Å². The molecule has 1 N–H and O–H groups in total. The fourth-order valence-corrected chi connectivity index (χ4v) is 2.40. The summed E-state index contributed by atoms with van der Waals surface area (Å²) in [7, 11) is 1.98. The number of pyridine rings is 1. The largest absolute Gasteiger partial charge is 0.373 e. The molecule has 0 radical (unpaired) electrons. The summed E-state index contributed by atoms with van der Waals surface area (Å²) in [5.41, 5.74) is 1.11. The minimum absolute atomic E-state index is 0.0855. The molecular weight excluding hydrogens is 188 g/mol. The van der Waals surface area contributed by atoms with Gasteiger partial charge in [0.15, 0.2) is 0 Å². The smallest absolute Gasteiger partial charge is 0.0849 e. The van der Waals surface area contributed by atoms with Crippen LogP contribution in [0.2, 0.25) is 0 Å². The Bertz CT molecular complexity index is 307. The maximum absolute atomic E-state index is 5.86. The fourth-order valence-electron chi connectivity index (χ4n) is 2.40. The van der Waals surface area contributed by atoms with Gasteiger partial charge in [-0.25, -0.2) is 0 Å². The molecule has 1 fully saturated rings. The maximum atomic E-state index is 5.86. The van der Waals surface area contributed by atoms with Gasteiger partial charge in [-0.05, 0) is 38.4 Å². The van der Waals surface area contributed by atoms with Gasteiger partial charge < -0.3 is 10.1 Å². The lowest BCUT2D eigenvalue weighted by Gasteiger charge is -2.33. The number of rotatable bonds is 3. The van der Waals surface area contributed by atoms with Crippen LogP contribution in [0, 0.1) is 0 Å². The average molecular weight is 206 g/mol. The third-order valence-corrected chi connectivity index (χ3v) is 3.17. The van der Waals surface area contributed by atoms with Crippen molar-refractivity contribution in [2.75, 3.05) is 13.7 Å². The van der Waals surface area contributed by atoms with Crippen molar-refractivity contribution in [3.63, 3.8) is 0 Å². The predicted molar refractivity (Wildman–Crippen MR) is 59.6 cm³/mol. The van der Waals surface area contributed by atoms with E-state index in [9.17, 15) is 0 Å². The van der Waals surface area contributed by atoms with E-state index in [0.717, 1.165) is 19.4 Å². The molecular formula is C12H18N2O. The van der Waals surface area contributed by atoms with Gasteiger partial charge in [0.2, 0.25) is 0 Å². The van der Waals surface area contributed by atoms with Gasteiger partial charge in [-0.2, -0.15) is 0 Å². The molecule has 2 rings (SSSR count). The molecule has 1 aliphatic rings. The van der Waals surface area contributed by atoms with Crippen LogP contribution in [-0.4, -0.2) is 24.2 Å². The highest BCUT2D eigenvalue weighted by atomic mass is 16.5. The SMILES string of the molecule is CNC(c1cccnc1)C1(C)CCCO1. The van der Waals surface area contributed by atoms with Crippen LogP contribution in [0.25, 0.3) is 0 Å². The van der Waals surface area contributed by atoms with Crippen molar-refractivity contribution in [1.82, 2.24) is 10.3 Å². The molecule has 82 valence electrons. The number of likely N-dealkylation sites (N-methyl/N-ethyl adjacent to an activating group) is 1. The zero-order valence-electron chi connectivity index (χ0n) is 9.36. The summed E-state index contributed by atoms with van der Waals surface area (Å²) >= 11 is 0. The lowest BCUT2D eigenvalue weighted by Crippen LogP contribution is -2.39. The van der Waals surface area contributed by atoms with Crippen LogP contribution in [0.1, 0.15) is 31.4 Å². The molecule has 0 spiro atoms. The van der Waals surface area contributed by atoms with Crippen LogP contribution >= 0.6 is 0 Å². The number of nitrogens with one attached hydrogen (secondary N) is 1. The molecule has 1 saturated heterocycles. The van der Waals surface area contributed by atoms with Gasteiger partial charge in [0.05, 0.1) is 11.6 Å². The summed E-state index contributed by atoms with van der Waals surface area (Å²) in [5.74, 6) is 0. The highest BCUT2D eigenvalue weighted by Crippen LogP contribution is 2.36.